The van der Waals surface area contributed by atoms with Gasteiger partial charge in [0.05, 0.1) is 18.7 Å². The van der Waals surface area contributed by atoms with E-state index in [1.54, 1.807) is 18.5 Å². The van der Waals surface area contributed by atoms with E-state index < -0.39 is 11.7 Å². The van der Waals surface area contributed by atoms with Crippen LogP contribution in [0.3, 0.4) is 0 Å². The zero-order valence-electron chi connectivity index (χ0n) is 38.3. The first kappa shape index (κ1) is 49.9. The predicted molar refractivity (Wildman–Crippen MR) is 264 cm³/mol. The number of carbonyl (C=O) groups is 3. The van der Waals surface area contributed by atoms with Crippen LogP contribution in [0.25, 0.3) is 0 Å². The Morgan fingerprint density at radius 3 is 1.43 bits per heavy atom. The number of aromatic nitrogens is 6. The highest BCUT2D eigenvalue weighted by Gasteiger charge is 2.31. The molecule has 6 heterocycles. The van der Waals surface area contributed by atoms with E-state index in [1.165, 1.54) is 29.0 Å². The molecule has 69 heavy (non-hydrogen) atoms. The second-order valence-corrected chi connectivity index (χ2v) is 18.1. The number of anilines is 6. The molecule has 9 rings (SSSR count). The normalized spacial score (nSPS) is 15.3. The Balaban J connectivity index is 0.000000153. The molecule has 3 fully saturated rings. The average Bonchev–Trinajstić information content (AvgIpc) is 3.33. The molecule has 360 valence electrons. The number of nitrogen functional groups attached to an aromatic ring is 3. The number of aryl methyl sites for hydroxylation is 1. The molecule has 6 aromatic rings. The summed E-state index contributed by atoms with van der Waals surface area (Å²) in [4.78, 5) is 66.0. The molecule has 0 atom stereocenters. The maximum absolute atomic E-state index is 12.9. The van der Waals surface area contributed by atoms with E-state index in [1.807, 2.05) is 26.8 Å². The van der Waals surface area contributed by atoms with Crippen molar-refractivity contribution >= 4 is 68.6 Å². The van der Waals surface area contributed by atoms with Gasteiger partial charge in [-0.1, -0.05) is 76.1 Å². The van der Waals surface area contributed by atoms with Gasteiger partial charge in [-0.25, -0.2) is 15.0 Å². The summed E-state index contributed by atoms with van der Waals surface area (Å²) >= 11 is 3.44. The number of carbonyl (C=O) groups excluding carboxylic acids is 3. The van der Waals surface area contributed by atoms with E-state index >= 15 is 0 Å². The first-order valence-electron chi connectivity index (χ1n) is 22.7. The second kappa shape index (κ2) is 22.9. The van der Waals surface area contributed by atoms with Gasteiger partial charge in [0.15, 0.2) is 11.6 Å². The molecule has 6 N–H and O–H groups in total. The number of hydrogen-bond donors (Lipinski definition) is 3. The molecule has 0 amide bonds. The number of piperidine rings is 3. The van der Waals surface area contributed by atoms with Gasteiger partial charge in [-0.3, -0.25) is 14.4 Å². The van der Waals surface area contributed by atoms with Gasteiger partial charge < -0.3 is 31.9 Å². The van der Waals surface area contributed by atoms with Crippen LogP contribution in [0, 0.1) is 6.92 Å². The monoisotopic (exact) mass is 1010 g/mol. The quantitative estimate of drug-likeness (QED) is 0.127. The molecule has 19 heteroatoms. The Hall–Kier alpha value is -7.02. The van der Waals surface area contributed by atoms with E-state index in [4.69, 9.17) is 17.2 Å². The van der Waals surface area contributed by atoms with Gasteiger partial charge >= 0.3 is 6.18 Å². The van der Waals surface area contributed by atoms with Crippen molar-refractivity contribution in [3.63, 3.8) is 0 Å². The van der Waals surface area contributed by atoms with Crippen LogP contribution >= 0.6 is 15.9 Å². The van der Waals surface area contributed by atoms with Crippen LogP contribution in [0.15, 0.2) is 95.9 Å². The molecule has 0 radical (unpaired) electrons. The molecular weight excluding hydrogens is 954 g/mol. The van der Waals surface area contributed by atoms with Crippen LogP contribution in [0.4, 0.5) is 48.5 Å². The highest BCUT2D eigenvalue weighted by atomic mass is 79.9. The Morgan fingerprint density at radius 2 is 0.986 bits per heavy atom. The first-order chi connectivity index (χ1) is 33.1. The molecule has 0 aliphatic carbocycles. The van der Waals surface area contributed by atoms with Crippen molar-refractivity contribution in [2.24, 2.45) is 0 Å². The number of hydrogen-bond acceptors (Lipinski definition) is 15. The van der Waals surface area contributed by atoms with Crippen LogP contribution in [0.2, 0.25) is 0 Å². The SMILES string of the molecule is Cc1ccc(Cc2cnc(N)nc2N2CCCC(=O)C2)cc1.Nc1ncc(Cc2ccc(Br)cc2)c(N2CCCC(=O)C2)n1.Nc1ncc(Cc2cccc(C(F)(F)F)c2)c(N2CCC(=O)CC2)n1. The number of ketones is 3. The van der Waals surface area contributed by atoms with Crippen LogP contribution in [0.1, 0.15) is 83.0 Å². The van der Waals surface area contributed by atoms with Gasteiger partial charge in [0.25, 0.3) is 0 Å². The maximum atomic E-state index is 12.9. The van der Waals surface area contributed by atoms with Crippen LogP contribution in [-0.2, 0) is 39.8 Å². The van der Waals surface area contributed by atoms with E-state index in [0.29, 0.717) is 75.2 Å². The average molecular weight is 1010 g/mol. The third kappa shape index (κ3) is 14.3. The fraction of sp³-hybridized carbons (Fsp3) is 0.340. The summed E-state index contributed by atoms with van der Waals surface area (Å²) in [6, 6.07) is 21.7. The number of alkyl halides is 3. The van der Waals surface area contributed by atoms with Gasteiger partial charge in [0.2, 0.25) is 17.8 Å². The van der Waals surface area contributed by atoms with Crippen LogP contribution in [0.5, 0.6) is 0 Å². The van der Waals surface area contributed by atoms with Crippen LogP contribution < -0.4 is 31.9 Å². The van der Waals surface area contributed by atoms with E-state index in [9.17, 15) is 27.6 Å². The van der Waals surface area contributed by atoms with Crippen molar-refractivity contribution in [2.45, 2.75) is 70.9 Å². The van der Waals surface area contributed by atoms with Gasteiger partial charge in [0.1, 0.15) is 23.2 Å². The van der Waals surface area contributed by atoms with Crippen molar-refractivity contribution in [3.05, 3.63) is 140 Å². The Morgan fingerprint density at radius 1 is 0.551 bits per heavy atom. The van der Waals surface area contributed by atoms with Gasteiger partial charge in [-0.15, -0.1) is 0 Å². The number of nitrogens with zero attached hydrogens (tertiary/aromatic N) is 9. The van der Waals surface area contributed by atoms with Crippen molar-refractivity contribution in [3.8, 4) is 0 Å². The summed E-state index contributed by atoms with van der Waals surface area (Å²) in [7, 11) is 0. The smallest absolute Gasteiger partial charge is 0.368 e. The minimum absolute atomic E-state index is 0.0969. The fourth-order valence-electron chi connectivity index (χ4n) is 8.26. The summed E-state index contributed by atoms with van der Waals surface area (Å²) < 4.78 is 39.7. The number of Topliss-reactive ketones (excluding diaryl/α,β-unsaturated/α-hetero) is 3. The molecule has 3 aliphatic rings. The van der Waals surface area contributed by atoms with Gasteiger partial charge in [0, 0.05) is 111 Å². The zero-order chi connectivity index (χ0) is 49.1. The Kier molecular flexibility index (Phi) is 16.5. The van der Waals surface area contributed by atoms with E-state index in [0.717, 1.165) is 71.7 Å². The highest BCUT2D eigenvalue weighted by Crippen LogP contribution is 2.32. The molecule has 0 unspecified atom stereocenters. The fourth-order valence-corrected chi connectivity index (χ4v) is 8.52. The largest absolute Gasteiger partial charge is 0.416 e. The minimum atomic E-state index is -4.39. The molecule has 15 nitrogen and oxygen atoms in total. The highest BCUT2D eigenvalue weighted by molar-refractivity contribution is 9.10. The predicted octanol–water partition coefficient (Wildman–Crippen LogP) is 7.55. The Labute approximate surface area is 406 Å². The molecule has 3 aromatic heterocycles. The number of rotatable bonds is 9. The molecule has 3 aliphatic heterocycles. The van der Waals surface area contributed by atoms with Crippen molar-refractivity contribution < 1.29 is 27.6 Å². The summed E-state index contributed by atoms with van der Waals surface area (Å²) in [5, 5.41) is 0. The van der Waals surface area contributed by atoms with Crippen molar-refractivity contribution in [2.75, 3.05) is 71.2 Å². The van der Waals surface area contributed by atoms with Gasteiger partial charge in [-0.2, -0.15) is 28.1 Å². The minimum Gasteiger partial charge on any atom is -0.368 e. The first-order valence-corrected chi connectivity index (χ1v) is 23.5. The Bertz CT molecular complexity index is 2630. The van der Waals surface area contributed by atoms with Crippen LogP contribution in [-0.4, -0.2) is 86.5 Å². The molecule has 3 aromatic carbocycles. The summed E-state index contributed by atoms with van der Waals surface area (Å²) in [5.74, 6) is 3.44. The maximum Gasteiger partial charge on any atom is 0.416 e. The lowest BCUT2D eigenvalue weighted by Gasteiger charge is -2.28. The van der Waals surface area contributed by atoms with Crippen molar-refractivity contribution in [1.29, 1.82) is 0 Å². The number of nitrogens with two attached hydrogens (primary N) is 3. The molecule has 0 saturated carbocycles. The van der Waals surface area contributed by atoms with E-state index in [-0.39, 0.29) is 41.6 Å². The summed E-state index contributed by atoms with van der Waals surface area (Å²) in [5.41, 5.74) is 23.3. The van der Waals surface area contributed by atoms with Crippen molar-refractivity contribution in [1.82, 2.24) is 29.9 Å². The summed E-state index contributed by atoms with van der Waals surface area (Å²) in [6.07, 6.45) is 6.28. The molecule has 0 bridgehead atoms. The second-order valence-electron chi connectivity index (χ2n) is 17.2. The molecular formula is C50H54BrF3N12O3. The number of benzene rings is 3. The lowest BCUT2D eigenvalue weighted by molar-refractivity contribution is -0.137. The lowest BCUT2D eigenvalue weighted by Crippen LogP contribution is -2.37. The molecule has 3 saturated heterocycles. The van der Waals surface area contributed by atoms with E-state index in [2.05, 4.69) is 89.2 Å². The number of halogens is 4. The third-order valence-corrected chi connectivity index (χ3v) is 12.3. The molecule has 0 spiro atoms. The summed E-state index contributed by atoms with van der Waals surface area (Å²) in [6.45, 7) is 5.59. The topological polar surface area (TPSA) is 216 Å². The zero-order valence-corrected chi connectivity index (χ0v) is 39.8. The standard InChI is InChI=1S/C17H17F3N4O.C17H20N4O.C16H17BrN4O/c18-17(19,20)13-3-1-2-11(9-13)8-12-10-22-16(21)23-15(12)24-6-4-14(25)5-7-24;1-12-4-6-13(7-5-12)9-14-10-19-17(18)20-16(14)21-8-2-3-15(22)11-21;17-13-5-3-11(4-6-13)8-12-9-19-16(18)20-15(12)21-7-1-2-14(22)10-21/h1-3,9-10H,4-8H2,(H2,21,22,23);4-7,10H,2-3,8-9,11H2,1H3,(H2,18,19,20);3-6,9H,1-2,7-8,10H2,(H2,18,19,20). The lowest BCUT2D eigenvalue weighted by atomic mass is 10.0. The third-order valence-electron chi connectivity index (χ3n) is 11.8. The van der Waals surface area contributed by atoms with Gasteiger partial charge in [-0.05, 0) is 54.7 Å².